The van der Waals surface area contributed by atoms with Crippen LogP contribution in [0.2, 0.25) is 0 Å². The lowest BCUT2D eigenvalue weighted by molar-refractivity contribution is -1.00. The molecule has 104 valence electrons. The Morgan fingerprint density at radius 3 is 2.47 bits per heavy atom. The molecule has 1 aromatic rings. The van der Waals surface area contributed by atoms with Crippen molar-refractivity contribution in [3.05, 3.63) is 30.1 Å². The molecule has 1 saturated heterocycles. The minimum Gasteiger partial charge on any atom is -0.328 e. The van der Waals surface area contributed by atoms with Crippen LogP contribution in [0.4, 0.5) is 10.1 Å². The fraction of sp³-hybridized carbons (Fsp3) is 0.500. The summed E-state index contributed by atoms with van der Waals surface area (Å²) in [7, 11) is 2.21. The number of carbonyl (C=O) groups is 1. The van der Waals surface area contributed by atoms with Gasteiger partial charge in [0.2, 0.25) is 5.91 Å². The summed E-state index contributed by atoms with van der Waals surface area (Å²) in [5, 5.41) is 2.79. The van der Waals surface area contributed by atoms with Crippen LogP contribution in [0.5, 0.6) is 0 Å². The van der Waals surface area contributed by atoms with E-state index in [-0.39, 0.29) is 11.7 Å². The molecule has 0 saturated carbocycles. The molecule has 4 nitrogen and oxygen atoms in total. The Morgan fingerprint density at radius 2 is 1.84 bits per heavy atom. The van der Waals surface area contributed by atoms with Crippen molar-refractivity contribution in [2.75, 3.05) is 45.1 Å². The predicted octanol–water partition coefficient (Wildman–Crippen LogP) is -1.43. The Kier molecular flexibility index (Phi) is 4.87. The number of anilines is 1. The standard InChI is InChI=1S/C14H20FN3O/c1-17-8-10-18(11-9-17)7-6-14(19)16-13-4-2-12(15)3-5-13/h2-5H,6-11H2,1H3,(H,16,19)/p+2. The fourth-order valence-electron chi connectivity index (χ4n) is 2.33. The lowest BCUT2D eigenvalue weighted by atomic mass is 10.2. The van der Waals surface area contributed by atoms with Crippen molar-refractivity contribution >= 4 is 11.6 Å². The van der Waals surface area contributed by atoms with E-state index in [4.69, 9.17) is 0 Å². The quantitative estimate of drug-likeness (QED) is 0.615. The summed E-state index contributed by atoms with van der Waals surface area (Å²) < 4.78 is 12.7. The molecule has 2 rings (SSSR count). The molecule has 0 unspecified atom stereocenters. The maximum absolute atomic E-state index is 12.7. The minimum atomic E-state index is -0.289. The zero-order valence-electron chi connectivity index (χ0n) is 11.3. The lowest BCUT2D eigenvalue weighted by Crippen LogP contribution is -3.27. The van der Waals surface area contributed by atoms with Crippen molar-refractivity contribution < 1.29 is 19.0 Å². The summed E-state index contributed by atoms with van der Waals surface area (Å²) in [6.45, 7) is 5.50. The molecule has 0 aliphatic carbocycles. The summed E-state index contributed by atoms with van der Waals surface area (Å²) in [6.07, 6.45) is 0.520. The van der Waals surface area contributed by atoms with Crippen LogP contribution in [0.3, 0.4) is 0 Å². The monoisotopic (exact) mass is 267 g/mol. The molecule has 0 aromatic heterocycles. The maximum Gasteiger partial charge on any atom is 0.230 e. The van der Waals surface area contributed by atoms with Crippen molar-refractivity contribution in [2.45, 2.75) is 6.42 Å². The lowest BCUT2D eigenvalue weighted by Gasteiger charge is -2.27. The molecule has 1 aliphatic rings. The van der Waals surface area contributed by atoms with E-state index < -0.39 is 0 Å². The molecule has 0 radical (unpaired) electrons. The number of piperazine rings is 1. The van der Waals surface area contributed by atoms with E-state index in [1.807, 2.05) is 0 Å². The normalized spacial score (nSPS) is 23.1. The minimum absolute atomic E-state index is 0.00498. The molecule has 0 bridgehead atoms. The number of likely N-dealkylation sites (N-methyl/N-ethyl adjacent to an activating group) is 1. The first kappa shape index (κ1) is 14.0. The molecular formula is C14H22FN3O+2. The van der Waals surface area contributed by atoms with Crippen LogP contribution < -0.4 is 15.1 Å². The fourth-order valence-corrected chi connectivity index (χ4v) is 2.33. The van der Waals surface area contributed by atoms with Gasteiger partial charge in [0.05, 0.1) is 20.0 Å². The van der Waals surface area contributed by atoms with Gasteiger partial charge in [-0.3, -0.25) is 4.79 Å². The number of halogens is 1. The highest BCUT2D eigenvalue weighted by atomic mass is 19.1. The molecule has 0 atom stereocenters. The van der Waals surface area contributed by atoms with Gasteiger partial charge in [-0.05, 0) is 24.3 Å². The molecule has 1 amide bonds. The van der Waals surface area contributed by atoms with Gasteiger partial charge in [0.1, 0.15) is 32.0 Å². The number of amides is 1. The van der Waals surface area contributed by atoms with Crippen LogP contribution in [0, 0.1) is 5.82 Å². The average molecular weight is 267 g/mol. The van der Waals surface area contributed by atoms with Crippen molar-refractivity contribution in [1.29, 1.82) is 0 Å². The van der Waals surface area contributed by atoms with Crippen molar-refractivity contribution in [2.24, 2.45) is 0 Å². The van der Waals surface area contributed by atoms with Gasteiger partial charge < -0.3 is 15.1 Å². The van der Waals surface area contributed by atoms with Gasteiger partial charge in [-0.1, -0.05) is 0 Å². The highest BCUT2D eigenvalue weighted by Gasteiger charge is 2.20. The first-order valence-corrected chi connectivity index (χ1v) is 6.84. The first-order valence-electron chi connectivity index (χ1n) is 6.84. The van der Waals surface area contributed by atoms with Crippen molar-refractivity contribution in [3.8, 4) is 0 Å². The third kappa shape index (κ3) is 4.61. The van der Waals surface area contributed by atoms with E-state index in [0.29, 0.717) is 12.1 Å². The molecule has 5 heteroatoms. The number of nitrogens with one attached hydrogen (secondary N) is 3. The van der Waals surface area contributed by atoms with Crippen molar-refractivity contribution in [3.63, 3.8) is 0 Å². The van der Waals surface area contributed by atoms with E-state index in [2.05, 4.69) is 12.4 Å². The largest absolute Gasteiger partial charge is 0.328 e. The Hall–Kier alpha value is -1.46. The SMILES string of the molecule is C[NH+]1CC[NH+](CCC(=O)Nc2ccc(F)cc2)CC1. The van der Waals surface area contributed by atoms with Gasteiger partial charge in [0.25, 0.3) is 0 Å². The van der Waals surface area contributed by atoms with E-state index in [1.54, 1.807) is 17.0 Å². The van der Waals surface area contributed by atoms with Crippen molar-refractivity contribution in [1.82, 2.24) is 0 Å². The molecule has 0 spiro atoms. The van der Waals surface area contributed by atoms with Crippen LogP contribution in [0.25, 0.3) is 0 Å². The van der Waals surface area contributed by atoms with E-state index >= 15 is 0 Å². The predicted molar refractivity (Wildman–Crippen MR) is 71.8 cm³/mol. The average Bonchev–Trinajstić information content (AvgIpc) is 2.41. The second-order valence-corrected chi connectivity index (χ2v) is 5.26. The maximum atomic E-state index is 12.7. The zero-order valence-corrected chi connectivity index (χ0v) is 11.3. The number of hydrogen-bond donors (Lipinski definition) is 3. The van der Waals surface area contributed by atoms with Gasteiger partial charge in [0.15, 0.2) is 0 Å². The Morgan fingerprint density at radius 1 is 1.21 bits per heavy atom. The topological polar surface area (TPSA) is 38.0 Å². The number of hydrogen-bond acceptors (Lipinski definition) is 1. The second kappa shape index (κ2) is 6.63. The third-order valence-corrected chi connectivity index (χ3v) is 3.64. The molecule has 1 aliphatic heterocycles. The highest BCUT2D eigenvalue weighted by molar-refractivity contribution is 5.90. The second-order valence-electron chi connectivity index (χ2n) is 5.26. The number of carbonyl (C=O) groups excluding carboxylic acids is 1. The van der Waals surface area contributed by atoms with Crippen LogP contribution in [-0.2, 0) is 4.79 Å². The van der Waals surface area contributed by atoms with Crippen LogP contribution in [0.15, 0.2) is 24.3 Å². The van der Waals surface area contributed by atoms with Crippen LogP contribution in [0.1, 0.15) is 6.42 Å². The van der Waals surface area contributed by atoms with Gasteiger partial charge in [0, 0.05) is 5.69 Å². The van der Waals surface area contributed by atoms with Gasteiger partial charge in [-0.25, -0.2) is 4.39 Å². The summed E-state index contributed by atoms with van der Waals surface area (Å²) in [6, 6.07) is 5.87. The highest BCUT2D eigenvalue weighted by Crippen LogP contribution is 2.08. The smallest absolute Gasteiger partial charge is 0.230 e. The van der Waals surface area contributed by atoms with E-state index in [9.17, 15) is 9.18 Å². The Balaban J connectivity index is 1.71. The first-order chi connectivity index (χ1) is 9.13. The Bertz CT molecular complexity index is 413. The summed E-state index contributed by atoms with van der Waals surface area (Å²) in [4.78, 5) is 14.8. The van der Waals surface area contributed by atoms with Gasteiger partial charge in [-0.15, -0.1) is 0 Å². The zero-order chi connectivity index (χ0) is 13.7. The summed E-state index contributed by atoms with van der Waals surface area (Å²) in [5.74, 6) is -0.284. The van der Waals surface area contributed by atoms with Gasteiger partial charge >= 0.3 is 0 Å². The molecule has 3 N–H and O–H groups in total. The van der Waals surface area contributed by atoms with E-state index in [1.165, 1.54) is 30.1 Å². The number of benzene rings is 1. The Labute approximate surface area is 113 Å². The van der Waals surface area contributed by atoms with Gasteiger partial charge in [-0.2, -0.15) is 0 Å². The molecule has 1 aromatic carbocycles. The van der Waals surface area contributed by atoms with Crippen LogP contribution >= 0.6 is 0 Å². The summed E-state index contributed by atoms with van der Waals surface area (Å²) >= 11 is 0. The van der Waals surface area contributed by atoms with Crippen LogP contribution in [-0.4, -0.2) is 45.7 Å². The summed E-state index contributed by atoms with van der Waals surface area (Å²) in [5.41, 5.74) is 0.657. The molecule has 19 heavy (non-hydrogen) atoms. The number of quaternary nitrogens is 2. The molecular weight excluding hydrogens is 245 g/mol. The molecule has 1 fully saturated rings. The number of rotatable bonds is 4. The third-order valence-electron chi connectivity index (χ3n) is 3.64. The molecule has 1 heterocycles. The van der Waals surface area contributed by atoms with E-state index in [0.717, 1.165) is 19.6 Å².